The molecule has 2 N–H and O–H groups in total. The van der Waals surface area contributed by atoms with E-state index in [1.165, 1.54) is 11.1 Å². The van der Waals surface area contributed by atoms with E-state index in [4.69, 9.17) is 5.73 Å². The Bertz CT molecular complexity index is 1310. The van der Waals surface area contributed by atoms with E-state index in [1.54, 1.807) is 44.7 Å². The molecule has 0 aliphatic carbocycles. The minimum absolute atomic E-state index is 0.120. The third-order valence-corrected chi connectivity index (χ3v) is 4.79. The molecule has 0 fully saturated rings. The summed E-state index contributed by atoms with van der Waals surface area (Å²) in [6.07, 6.45) is 4.95. The van der Waals surface area contributed by atoms with E-state index in [0.717, 1.165) is 22.0 Å². The number of nitrogen functional groups attached to an aromatic ring is 1. The minimum Gasteiger partial charge on any atom is -0.383 e. The molecular formula is C23H18N6O. The van der Waals surface area contributed by atoms with Crippen molar-refractivity contribution in [2.45, 2.75) is 0 Å². The Labute approximate surface area is 173 Å². The van der Waals surface area contributed by atoms with Gasteiger partial charge in [0.15, 0.2) is 0 Å². The average Bonchev–Trinajstić information content (AvgIpc) is 2.78. The van der Waals surface area contributed by atoms with Crippen molar-refractivity contribution in [2.24, 2.45) is 0 Å². The number of anilines is 1. The van der Waals surface area contributed by atoms with Crippen LogP contribution in [0, 0.1) is 11.3 Å². The number of pyridine rings is 3. The molecule has 0 spiro atoms. The molecule has 0 bridgehead atoms. The first kappa shape index (κ1) is 19.0. The van der Waals surface area contributed by atoms with Gasteiger partial charge in [0, 0.05) is 49.2 Å². The van der Waals surface area contributed by atoms with E-state index in [0.29, 0.717) is 28.2 Å². The van der Waals surface area contributed by atoms with E-state index in [9.17, 15) is 10.1 Å². The Hall–Kier alpha value is -4.31. The molecular weight excluding hydrogens is 376 g/mol. The lowest BCUT2D eigenvalue weighted by molar-refractivity contribution is 0.0827. The summed E-state index contributed by atoms with van der Waals surface area (Å²) in [5.74, 6) is 0.222. The van der Waals surface area contributed by atoms with Crippen LogP contribution in [0.4, 0.5) is 5.82 Å². The average molecular weight is 394 g/mol. The maximum absolute atomic E-state index is 12.1. The molecule has 146 valence electrons. The van der Waals surface area contributed by atoms with Gasteiger partial charge in [0.1, 0.15) is 5.82 Å². The first-order chi connectivity index (χ1) is 14.5. The van der Waals surface area contributed by atoms with Gasteiger partial charge in [-0.05, 0) is 48.0 Å². The summed E-state index contributed by atoms with van der Waals surface area (Å²) >= 11 is 0. The van der Waals surface area contributed by atoms with Crippen LogP contribution >= 0.6 is 0 Å². The highest BCUT2D eigenvalue weighted by atomic mass is 16.2. The van der Waals surface area contributed by atoms with Gasteiger partial charge in [-0.25, -0.2) is 4.98 Å². The van der Waals surface area contributed by atoms with Gasteiger partial charge in [-0.15, -0.1) is 0 Å². The molecule has 0 aliphatic heterocycles. The van der Waals surface area contributed by atoms with Gasteiger partial charge in [0.25, 0.3) is 5.91 Å². The second kappa shape index (κ2) is 7.60. The number of nitriles is 1. The number of fused-ring (bicyclic) bond motifs is 1. The van der Waals surface area contributed by atoms with Crippen LogP contribution in [0.1, 0.15) is 15.9 Å². The molecule has 0 unspecified atom stereocenters. The number of nitrogens with two attached hydrogens (primary N) is 1. The summed E-state index contributed by atoms with van der Waals surface area (Å²) in [6, 6.07) is 14.8. The van der Waals surface area contributed by atoms with Crippen LogP contribution in [0.25, 0.3) is 33.3 Å². The first-order valence-electron chi connectivity index (χ1n) is 9.21. The molecule has 7 heteroatoms. The second-order valence-corrected chi connectivity index (χ2v) is 6.99. The highest BCUT2D eigenvalue weighted by Gasteiger charge is 2.13. The van der Waals surface area contributed by atoms with Crippen molar-refractivity contribution < 1.29 is 4.79 Å². The van der Waals surface area contributed by atoms with Crippen LogP contribution in [0.2, 0.25) is 0 Å². The van der Waals surface area contributed by atoms with Gasteiger partial charge in [0.2, 0.25) is 0 Å². The van der Waals surface area contributed by atoms with Crippen molar-refractivity contribution in [1.29, 1.82) is 5.26 Å². The van der Waals surface area contributed by atoms with E-state index in [2.05, 4.69) is 21.0 Å². The zero-order chi connectivity index (χ0) is 21.3. The molecule has 0 saturated carbocycles. The SMILES string of the molecule is CN(C)C(=O)c1ccc(-c2cc(-c3ccnc4ccc(C#N)cc34)cnc2N)nc1. The molecule has 4 aromatic rings. The van der Waals surface area contributed by atoms with Crippen LogP contribution in [0.3, 0.4) is 0 Å². The molecule has 0 atom stereocenters. The van der Waals surface area contributed by atoms with Gasteiger partial charge < -0.3 is 10.6 Å². The van der Waals surface area contributed by atoms with Crippen molar-refractivity contribution in [3.63, 3.8) is 0 Å². The van der Waals surface area contributed by atoms with Crippen molar-refractivity contribution in [3.05, 3.63) is 72.2 Å². The highest BCUT2D eigenvalue weighted by molar-refractivity contribution is 5.96. The van der Waals surface area contributed by atoms with Crippen LogP contribution in [0.15, 0.2) is 61.1 Å². The van der Waals surface area contributed by atoms with Crippen LogP contribution in [-0.4, -0.2) is 39.9 Å². The number of carbonyl (C=O) groups excluding carboxylic acids is 1. The maximum atomic E-state index is 12.1. The lowest BCUT2D eigenvalue weighted by Crippen LogP contribution is -2.21. The third kappa shape index (κ3) is 3.42. The molecule has 3 aromatic heterocycles. The topological polar surface area (TPSA) is 109 Å². The molecule has 30 heavy (non-hydrogen) atoms. The zero-order valence-corrected chi connectivity index (χ0v) is 16.5. The summed E-state index contributed by atoms with van der Waals surface area (Å²) in [4.78, 5) is 26.7. The van der Waals surface area contributed by atoms with Gasteiger partial charge in [-0.3, -0.25) is 14.8 Å². The molecule has 1 amide bonds. The maximum Gasteiger partial charge on any atom is 0.254 e. The molecule has 0 saturated heterocycles. The van der Waals surface area contributed by atoms with E-state index in [-0.39, 0.29) is 5.91 Å². The number of hydrogen-bond acceptors (Lipinski definition) is 6. The van der Waals surface area contributed by atoms with E-state index >= 15 is 0 Å². The van der Waals surface area contributed by atoms with Crippen molar-refractivity contribution in [1.82, 2.24) is 19.9 Å². The van der Waals surface area contributed by atoms with E-state index < -0.39 is 0 Å². The summed E-state index contributed by atoms with van der Waals surface area (Å²) in [5, 5.41) is 10.1. The monoisotopic (exact) mass is 394 g/mol. The zero-order valence-electron chi connectivity index (χ0n) is 16.5. The number of amides is 1. The van der Waals surface area contributed by atoms with Crippen molar-refractivity contribution in [2.75, 3.05) is 19.8 Å². The fourth-order valence-corrected chi connectivity index (χ4v) is 3.23. The van der Waals surface area contributed by atoms with Crippen LogP contribution in [-0.2, 0) is 0 Å². The number of aromatic nitrogens is 3. The molecule has 7 nitrogen and oxygen atoms in total. The molecule has 4 rings (SSSR count). The minimum atomic E-state index is -0.120. The van der Waals surface area contributed by atoms with E-state index in [1.807, 2.05) is 24.3 Å². The fraction of sp³-hybridized carbons (Fsp3) is 0.0870. The quantitative estimate of drug-likeness (QED) is 0.569. The highest BCUT2D eigenvalue weighted by Crippen LogP contribution is 2.32. The number of carbonyl (C=O) groups is 1. The first-order valence-corrected chi connectivity index (χ1v) is 9.21. The third-order valence-electron chi connectivity index (χ3n) is 4.79. The smallest absolute Gasteiger partial charge is 0.254 e. The summed E-state index contributed by atoms with van der Waals surface area (Å²) in [5.41, 5.74) is 11.0. The van der Waals surface area contributed by atoms with Crippen LogP contribution in [0.5, 0.6) is 0 Å². The summed E-state index contributed by atoms with van der Waals surface area (Å²) in [6.45, 7) is 0. The molecule has 3 heterocycles. The lowest BCUT2D eigenvalue weighted by atomic mass is 9.99. The molecule has 0 radical (unpaired) electrons. The van der Waals surface area contributed by atoms with Crippen molar-refractivity contribution in [3.8, 4) is 28.5 Å². The number of nitrogens with zero attached hydrogens (tertiary/aromatic N) is 5. The Balaban J connectivity index is 1.81. The van der Waals surface area contributed by atoms with Crippen molar-refractivity contribution >= 4 is 22.6 Å². The van der Waals surface area contributed by atoms with Gasteiger partial charge in [-0.1, -0.05) is 0 Å². The Morgan fingerprint density at radius 3 is 2.53 bits per heavy atom. The van der Waals surface area contributed by atoms with Gasteiger partial charge in [-0.2, -0.15) is 5.26 Å². The largest absolute Gasteiger partial charge is 0.383 e. The predicted octanol–water partition coefficient (Wildman–Crippen LogP) is 3.51. The standard InChI is InChI=1S/C23H18N6O/c1-29(2)23(30)15-4-6-21(27-12-15)19-10-16(13-28-22(19)25)17-7-8-26-20-5-3-14(11-24)9-18(17)20/h3-10,12-13H,1-2H3,(H2,25,28). The lowest BCUT2D eigenvalue weighted by Gasteiger charge is -2.12. The van der Waals surface area contributed by atoms with Gasteiger partial charge >= 0.3 is 0 Å². The molecule has 1 aromatic carbocycles. The summed E-state index contributed by atoms with van der Waals surface area (Å²) in [7, 11) is 3.39. The Morgan fingerprint density at radius 2 is 1.83 bits per heavy atom. The predicted molar refractivity (Wildman–Crippen MR) is 115 cm³/mol. The molecule has 0 aliphatic rings. The summed E-state index contributed by atoms with van der Waals surface area (Å²) < 4.78 is 0. The fourth-order valence-electron chi connectivity index (χ4n) is 3.23. The number of hydrogen-bond donors (Lipinski definition) is 1. The van der Waals surface area contributed by atoms with Crippen LogP contribution < -0.4 is 5.73 Å². The van der Waals surface area contributed by atoms with Gasteiger partial charge in [0.05, 0.1) is 28.4 Å². The Kier molecular flexibility index (Phi) is 4.82. The normalized spacial score (nSPS) is 10.6. The number of rotatable bonds is 3. The second-order valence-electron chi connectivity index (χ2n) is 6.99. The number of benzene rings is 1. The Morgan fingerprint density at radius 1 is 1.00 bits per heavy atom.